The van der Waals surface area contributed by atoms with Crippen molar-refractivity contribution in [2.45, 2.75) is 201 Å². The number of esters is 4. The number of ether oxygens (including phenoxy) is 4. The van der Waals surface area contributed by atoms with E-state index in [2.05, 4.69) is 6.92 Å². The van der Waals surface area contributed by atoms with E-state index in [-0.39, 0.29) is 53.5 Å². The molecule has 4 saturated carbocycles. The average molecular weight is 845 g/mol. The summed E-state index contributed by atoms with van der Waals surface area (Å²) in [4.78, 5) is 47.7. The Bertz CT molecular complexity index is 1440. The summed E-state index contributed by atoms with van der Waals surface area (Å²) in [7, 11) is 0. The predicted molar refractivity (Wildman–Crippen MR) is 200 cm³/mol. The highest BCUT2D eigenvalue weighted by Gasteiger charge is 2.75. The maximum atomic E-state index is 13.0. The predicted octanol–water partition coefficient (Wildman–Crippen LogP) is 8.96. The number of fused-ring (bicyclic) bond motifs is 1. The van der Waals surface area contributed by atoms with E-state index in [1.165, 1.54) is 26.7 Å². The maximum absolute atomic E-state index is 13.0. The lowest BCUT2D eigenvalue weighted by Gasteiger charge is -2.44. The third-order valence-electron chi connectivity index (χ3n) is 13.9. The summed E-state index contributed by atoms with van der Waals surface area (Å²) in [5.74, 6) is -2.90. The van der Waals surface area contributed by atoms with E-state index in [0.29, 0.717) is 18.3 Å². The largest absolute Gasteiger partial charge is 0.462 e. The summed E-state index contributed by atoms with van der Waals surface area (Å²) in [6.07, 6.45) is -7.97. The molecule has 5 rings (SSSR count). The van der Waals surface area contributed by atoms with Crippen LogP contribution < -0.4 is 0 Å². The highest BCUT2D eigenvalue weighted by atomic mass is 19.4. The van der Waals surface area contributed by atoms with Crippen LogP contribution in [0.5, 0.6) is 0 Å². The molecule has 0 amide bonds. The van der Waals surface area contributed by atoms with Crippen molar-refractivity contribution in [1.29, 1.82) is 0 Å². The van der Waals surface area contributed by atoms with Crippen molar-refractivity contribution < 1.29 is 74.7 Å². The molecule has 5 aliphatic rings. The van der Waals surface area contributed by atoms with Gasteiger partial charge in [0.2, 0.25) is 0 Å². The number of hydrogen-bond acceptors (Lipinski definition) is 10. The van der Waals surface area contributed by atoms with Gasteiger partial charge in [-0.25, -0.2) is 0 Å². The molecule has 16 heteroatoms. The van der Waals surface area contributed by atoms with Crippen LogP contribution in [0, 0.1) is 39.9 Å². The normalized spacial score (nSPS) is 29.4. The molecule has 1 saturated heterocycles. The van der Waals surface area contributed by atoms with Crippen LogP contribution in [0.2, 0.25) is 0 Å². The molecule has 8 unspecified atom stereocenters. The summed E-state index contributed by atoms with van der Waals surface area (Å²) in [5.41, 5.74) is -6.95. The smallest absolute Gasteiger partial charge is 0.426 e. The van der Waals surface area contributed by atoms with Crippen molar-refractivity contribution in [3.8, 4) is 0 Å². The van der Waals surface area contributed by atoms with Gasteiger partial charge in [-0.05, 0) is 125 Å². The molecule has 5 fully saturated rings. The molecule has 10 nitrogen and oxygen atoms in total. The summed E-state index contributed by atoms with van der Waals surface area (Å²) in [6, 6.07) is 0. The molecular formula is C42H66F6O10. The van der Waals surface area contributed by atoms with Crippen LogP contribution in [0.3, 0.4) is 0 Å². The third kappa shape index (κ3) is 10.5. The highest BCUT2D eigenvalue weighted by molar-refractivity contribution is 5.78. The number of rotatable bonds is 11. The van der Waals surface area contributed by atoms with Gasteiger partial charge in [0, 0.05) is 17.8 Å². The fraction of sp³-hybridized carbons (Fsp3) is 0.905. The molecule has 2 bridgehead atoms. The molecule has 1 aliphatic heterocycles. The van der Waals surface area contributed by atoms with E-state index in [4.69, 9.17) is 18.9 Å². The minimum atomic E-state index is -6.04. The standard InChI is InChI=1S/C15H22F6O4.C14H20O4.C13H24O2/c1-4-12(2,3)11(23)25-8-5-6-10(22)9(7-8)13(24,14(16,17)18)15(19,20)21;1-4-14(2,3)13(16)18-10-7-5-8-9(6-7)12(15)17-11(8)10;1-5-12(3,4)11(14)15-13(6-2)9-7-8-10-13/h8-10,22,24H,4-7H2,1-3H3;7-11H,4-6H2,1-3H3;5-10H2,1-4H3. The van der Waals surface area contributed by atoms with Crippen LogP contribution in [-0.2, 0) is 38.1 Å². The second-order valence-corrected chi connectivity index (χ2v) is 18.9. The molecule has 1 heterocycles. The molecule has 0 aromatic rings. The van der Waals surface area contributed by atoms with Crippen molar-refractivity contribution in [2.24, 2.45) is 39.9 Å². The van der Waals surface area contributed by atoms with Crippen LogP contribution in [0.15, 0.2) is 0 Å². The van der Waals surface area contributed by atoms with E-state index in [0.717, 1.165) is 44.9 Å². The van der Waals surface area contributed by atoms with E-state index < -0.39 is 65.7 Å². The maximum Gasteiger partial charge on any atom is 0.426 e. The number of carbonyl (C=O) groups is 4. The number of halogens is 6. The number of aliphatic hydroxyl groups is 2. The molecule has 336 valence electrons. The van der Waals surface area contributed by atoms with Gasteiger partial charge in [-0.15, -0.1) is 0 Å². The van der Waals surface area contributed by atoms with Gasteiger partial charge in [0.25, 0.3) is 5.60 Å². The minimum Gasteiger partial charge on any atom is -0.462 e. The fourth-order valence-corrected chi connectivity index (χ4v) is 8.23. The van der Waals surface area contributed by atoms with Gasteiger partial charge < -0.3 is 29.2 Å². The summed E-state index contributed by atoms with van der Waals surface area (Å²) in [6.45, 7) is 18.6. The van der Waals surface area contributed by atoms with E-state index in [9.17, 15) is 55.7 Å². The molecule has 58 heavy (non-hydrogen) atoms. The van der Waals surface area contributed by atoms with Gasteiger partial charge in [0.15, 0.2) is 0 Å². The van der Waals surface area contributed by atoms with Crippen LogP contribution >= 0.6 is 0 Å². The number of aliphatic hydroxyl groups excluding tert-OH is 1. The zero-order chi connectivity index (χ0) is 44.4. The Hall–Kier alpha value is -2.62. The zero-order valence-corrected chi connectivity index (χ0v) is 35.7. The SMILES string of the molecule is CCC(C)(C)C(=O)OC1C2CC3C(=O)OC1C3C2.CCC(C)(C)C(=O)OC1CCC(O)C(C(O)(C(F)(F)F)C(F)(F)F)C1.CCC1(OC(=O)C(C)(C)CC)CCCC1. The first kappa shape index (κ1) is 49.7. The molecule has 8 atom stereocenters. The Balaban J connectivity index is 0.000000241. The van der Waals surface area contributed by atoms with Crippen LogP contribution in [-0.4, -0.2) is 82.1 Å². The third-order valence-corrected chi connectivity index (χ3v) is 13.9. The summed E-state index contributed by atoms with van der Waals surface area (Å²) in [5, 5.41) is 19.2. The minimum absolute atomic E-state index is 0.0197. The molecule has 4 aliphatic carbocycles. The Morgan fingerprint density at radius 1 is 0.741 bits per heavy atom. The molecular weight excluding hydrogens is 778 g/mol. The molecule has 0 radical (unpaired) electrons. The van der Waals surface area contributed by atoms with Gasteiger partial charge in [0.1, 0.15) is 23.9 Å². The van der Waals surface area contributed by atoms with Gasteiger partial charge in [-0.1, -0.05) is 27.7 Å². The Labute approximate surface area is 338 Å². The van der Waals surface area contributed by atoms with E-state index >= 15 is 0 Å². The Morgan fingerprint density at radius 3 is 1.69 bits per heavy atom. The van der Waals surface area contributed by atoms with Gasteiger partial charge in [-0.2, -0.15) is 26.3 Å². The summed E-state index contributed by atoms with van der Waals surface area (Å²) < 4.78 is 99.9. The quantitative estimate of drug-likeness (QED) is 0.117. The van der Waals surface area contributed by atoms with Crippen molar-refractivity contribution in [3.63, 3.8) is 0 Å². The van der Waals surface area contributed by atoms with Crippen LogP contribution in [0.25, 0.3) is 0 Å². The second-order valence-electron chi connectivity index (χ2n) is 18.9. The van der Waals surface area contributed by atoms with Crippen LogP contribution in [0.1, 0.15) is 153 Å². The Kier molecular flexibility index (Phi) is 15.6. The molecule has 0 aromatic heterocycles. The van der Waals surface area contributed by atoms with Crippen molar-refractivity contribution in [2.75, 3.05) is 0 Å². The Morgan fingerprint density at radius 2 is 1.22 bits per heavy atom. The van der Waals surface area contributed by atoms with Crippen LogP contribution in [0.4, 0.5) is 26.3 Å². The first-order valence-corrected chi connectivity index (χ1v) is 20.9. The van der Waals surface area contributed by atoms with Gasteiger partial charge in [-0.3, -0.25) is 19.2 Å². The molecule has 0 aromatic carbocycles. The van der Waals surface area contributed by atoms with Gasteiger partial charge >= 0.3 is 36.2 Å². The van der Waals surface area contributed by atoms with Crippen molar-refractivity contribution in [1.82, 2.24) is 0 Å². The monoisotopic (exact) mass is 844 g/mol. The second kappa shape index (κ2) is 18.2. The summed E-state index contributed by atoms with van der Waals surface area (Å²) >= 11 is 0. The lowest BCUT2D eigenvalue weighted by molar-refractivity contribution is -0.394. The first-order valence-electron chi connectivity index (χ1n) is 20.9. The molecule has 2 N–H and O–H groups in total. The van der Waals surface area contributed by atoms with Gasteiger partial charge in [0.05, 0.1) is 28.3 Å². The van der Waals surface area contributed by atoms with E-state index in [1.54, 1.807) is 6.92 Å². The van der Waals surface area contributed by atoms with Crippen molar-refractivity contribution >= 4 is 23.9 Å². The number of hydrogen-bond donors (Lipinski definition) is 2. The average Bonchev–Trinajstić information content (AvgIpc) is 3.91. The fourth-order valence-electron chi connectivity index (χ4n) is 8.23. The number of carbonyl (C=O) groups excluding carboxylic acids is 4. The lowest BCUT2D eigenvalue weighted by Crippen LogP contribution is -2.65. The lowest BCUT2D eigenvalue weighted by atomic mass is 9.73. The number of alkyl halides is 6. The topological polar surface area (TPSA) is 146 Å². The van der Waals surface area contributed by atoms with Crippen molar-refractivity contribution in [3.05, 3.63) is 0 Å². The highest BCUT2D eigenvalue weighted by Crippen LogP contribution is 2.56. The first-order chi connectivity index (χ1) is 26.5. The zero-order valence-electron chi connectivity index (χ0n) is 35.7. The molecule has 0 spiro atoms. The van der Waals surface area contributed by atoms with E-state index in [1.807, 2.05) is 41.5 Å².